The zero-order chi connectivity index (χ0) is 48.6. The Balaban J connectivity index is 3.33. The third-order valence-corrected chi connectivity index (χ3v) is 14.0. The second-order valence-corrected chi connectivity index (χ2v) is 20.7. The Morgan fingerprint density at radius 2 is 0.761 bits per heavy atom. The molecule has 2 unspecified atom stereocenters. The standard InChI is InChI=1S/C61H117NO5/c1-3-5-7-9-11-13-15-16-32-35-39-43-47-51-55-61(66)67-56-52-48-44-40-36-33-30-28-26-24-22-20-18-17-19-21-23-25-27-29-31-34-38-42-46-50-54-60(65)62-58(57-63)59(64)53-49-45-41-37-14-12-10-8-6-4-2/h9,11,15-16,58-59,63-64H,3-8,10,12-14,17-57H2,1-2H3,(H,62,65)/b11-9-,16-15-. The van der Waals surface area contributed by atoms with Gasteiger partial charge < -0.3 is 20.3 Å². The third-order valence-electron chi connectivity index (χ3n) is 14.0. The van der Waals surface area contributed by atoms with E-state index < -0.39 is 12.1 Å². The molecular formula is C61H117NO5. The normalized spacial score (nSPS) is 12.7. The average molecular weight is 945 g/mol. The highest BCUT2D eigenvalue weighted by Crippen LogP contribution is 2.18. The van der Waals surface area contributed by atoms with Gasteiger partial charge in [-0.05, 0) is 51.4 Å². The van der Waals surface area contributed by atoms with Gasteiger partial charge in [-0.25, -0.2) is 0 Å². The SMILES string of the molecule is CCCC/C=C\C/C=C\CCCCCCCC(=O)OCCCCCCCCCCCCCCCCCCCCCCCCCCCCC(=O)NC(CO)C(O)CCCCCCCCCCCC. The molecule has 1 amide bonds. The number of ether oxygens (including phenoxy) is 1. The predicted molar refractivity (Wildman–Crippen MR) is 292 cm³/mol. The quantitative estimate of drug-likeness (QED) is 0.0321. The van der Waals surface area contributed by atoms with Crippen LogP contribution in [-0.2, 0) is 14.3 Å². The Kier molecular flexibility index (Phi) is 55.5. The molecule has 0 bridgehead atoms. The van der Waals surface area contributed by atoms with Crippen LogP contribution in [0.3, 0.4) is 0 Å². The Morgan fingerprint density at radius 1 is 0.418 bits per heavy atom. The van der Waals surface area contributed by atoms with Crippen molar-refractivity contribution in [1.82, 2.24) is 5.32 Å². The van der Waals surface area contributed by atoms with Crippen LogP contribution in [0.5, 0.6) is 0 Å². The number of carbonyl (C=O) groups is 2. The molecule has 6 nitrogen and oxygen atoms in total. The highest BCUT2D eigenvalue weighted by molar-refractivity contribution is 5.76. The van der Waals surface area contributed by atoms with Gasteiger partial charge in [-0.2, -0.15) is 0 Å². The van der Waals surface area contributed by atoms with E-state index in [4.69, 9.17) is 4.74 Å². The lowest BCUT2D eigenvalue weighted by Crippen LogP contribution is -2.45. The second kappa shape index (κ2) is 56.9. The molecule has 0 aromatic carbocycles. The molecule has 0 aliphatic rings. The zero-order valence-electron chi connectivity index (χ0n) is 45.1. The highest BCUT2D eigenvalue weighted by atomic mass is 16.5. The van der Waals surface area contributed by atoms with Crippen LogP contribution in [0.15, 0.2) is 24.3 Å². The molecule has 0 saturated carbocycles. The predicted octanol–water partition coefficient (Wildman–Crippen LogP) is 18.6. The maximum Gasteiger partial charge on any atom is 0.305 e. The van der Waals surface area contributed by atoms with Crippen LogP contribution in [0.25, 0.3) is 0 Å². The summed E-state index contributed by atoms with van der Waals surface area (Å²) in [7, 11) is 0. The Hall–Kier alpha value is -1.66. The lowest BCUT2D eigenvalue weighted by molar-refractivity contribution is -0.143. The van der Waals surface area contributed by atoms with Gasteiger partial charge in [0.15, 0.2) is 0 Å². The maximum atomic E-state index is 12.4. The molecular weight excluding hydrogens is 827 g/mol. The summed E-state index contributed by atoms with van der Waals surface area (Å²) in [4.78, 5) is 24.5. The molecule has 0 fully saturated rings. The zero-order valence-corrected chi connectivity index (χ0v) is 45.1. The van der Waals surface area contributed by atoms with Crippen LogP contribution in [0.2, 0.25) is 0 Å². The van der Waals surface area contributed by atoms with E-state index in [9.17, 15) is 19.8 Å². The number of allylic oxidation sites excluding steroid dienone is 4. The first-order valence-electron chi connectivity index (χ1n) is 30.1. The molecule has 0 spiro atoms. The van der Waals surface area contributed by atoms with E-state index in [1.807, 2.05) is 0 Å². The number of aliphatic hydroxyl groups excluding tert-OH is 2. The minimum absolute atomic E-state index is 0.00264. The fourth-order valence-corrected chi connectivity index (χ4v) is 9.36. The molecule has 0 radical (unpaired) electrons. The van der Waals surface area contributed by atoms with Crippen molar-refractivity contribution in [2.24, 2.45) is 0 Å². The first-order chi connectivity index (χ1) is 33.0. The molecule has 6 heteroatoms. The number of hydrogen-bond donors (Lipinski definition) is 3. The number of aliphatic hydroxyl groups is 2. The summed E-state index contributed by atoms with van der Waals surface area (Å²) in [5, 5.41) is 23.2. The van der Waals surface area contributed by atoms with Crippen LogP contribution in [0, 0.1) is 0 Å². The van der Waals surface area contributed by atoms with Crippen LogP contribution < -0.4 is 5.32 Å². The van der Waals surface area contributed by atoms with Gasteiger partial charge in [0.2, 0.25) is 5.91 Å². The number of hydrogen-bond acceptors (Lipinski definition) is 5. The molecule has 67 heavy (non-hydrogen) atoms. The fraction of sp³-hybridized carbons (Fsp3) is 0.902. The van der Waals surface area contributed by atoms with E-state index in [2.05, 4.69) is 43.5 Å². The van der Waals surface area contributed by atoms with Crippen LogP contribution in [-0.4, -0.2) is 47.4 Å². The van der Waals surface area contributed by atoms with Crippen LogP contribution in [0.1, 0.15) is 328 Å². The summed E-state index contributed by atoms with van der Waals surface area (Å²) in [6.07, 6.45) is 69.1. The third kappa shape index (κ3) is 53.5. The summed E-state index contributed by atoms with van der Waals surface area (Å²) < 4.78 is 5.47. The van der Waals surface area contributed by atoms with Crippen molar-refractivity contribution in [3.63, 3.8) is 0 Å². The summed E-state index contributed by atoms with van der Waals surface area (Å²) in [5.41, 5.74) is 0. The number of unbranched alkanes of at least 4 members (excludes halogenated alkanes) is 41. The topological polar surface area (TPSA) is 95.9 Å². The number of rotatable bonds is 56. The number of amides is 1. The summed E-state index contributed by atoms with van der Waals surface area (Å²) in [6, 6.07) is -0.537. The molecule has 0 aliphatic carbocycles. The molecule has 3 N–H and O–H groups in total. The number of esters is 1. The molecule has 0 aliphatic heterocycles. The molecule has 0 aromatic heterocycles. The van der Waals surface area contributed by atoms with Crippen molar-refractivity contribution in [2.45, 2.75) is 341 Å². The minimum atomic E-state index is -0.660. The van der Waals surface area contributed by atoms with Gasteiger partial charge in [0.25, 0.3) is 0 Å². The number of nitrogens with one attached hydrogen (secondary N) is 1. The maximum absolute atomic E-state index is 12.4. The van der Waals surface area contributed by atoms with Crippen molar-refractivity contribution in [3.8, 4) is 0 Å². The molecule has 0 heterocycles. The molecule has 0 saturated heterocycles. The smallest absolute Gasteiger partial charge is 0.305 e. The van der Waals surface area contributed by atoms with Gasteiger partial charge in [-0.3, -0.25) is 9.59 Å². The largest absolute Gasteiger partial charge is 0.466 e. The Morgan fingerprint density at radius 3 is 1.18 bits per heavy atom. The van der Waals surface area contributed by atoms with E-state index in [0.717, 1.165) is 51.4 Å². The fourth-order valence-electron chi connectivity index (χ4n) is 9.36. The van der Waals surface area contributed by atoms with Crippen molar-refractivity contribution < 1.29 is 24.5 Å². The number of carbonyl (C=O) groups excluding carboxylic acids is 2. The Bertz CT molecular complexity index is 1040. The van der Waals surface area contributed by atoms with Gasteiger partial charge in [-0.1, -0.05) is 289 Å². The van der Waals surface area contributed by atoms with Crippen LogP contribution >= 0.6 is 0 Å². The molecule has 0 aromatic rings. The molecule has 2 atom stereocenters. The van der Waals surface area contributed by atoms with E-state index in [0.29, 0.717) is 25.9 Å². The highest BCUT2D eigenvalue weighted by Gasteiger charge is 2.20. The first-order valence-corrected chi connectivity index (χ1v) is 30.1. The van der Waals surface area contributed by atoms with Gasteiger partial charge >= 0.3 is 5.97 Å². The van der Waals surface area contributed by atoms with E-state index in [1.165, 1.54) is 244 Å². The van der Waals surface area contributed by atoms with E-state index in [-0.39, 0.29) is 18.5 Å². The molecule has 0 rings (SSSR count). The Labute approximate surface area is 418 Å². The van der Waals surface area contributed by atoms with Crippen molar-refractivity contribution >= 4 is 11.9 Å². The minimum Gasteiger partial charge on any atom is -0.466 e. The summed E-state index contributed by atoms with van der Waals surface area (Å²) in [6.45, 7) is 4.91. The van der Waals surface area contributed by atoms with Crippen molar-refractivity contribution in [3.05, 3.63) is 24.3 Å². The summed E-state index contributed by atoms with van der Waals surface area (Å²) >= 11 is 0. The van der Waals surface area contributed by atoms with E-state index in [1.54, 1.807) is 0 Å². The van der Waals surface area contributed by atoms with Gasteiger partial charge in [0.1, 0.15) is 0 Å². The first kappa shape index (κ1) is 65.3. The second-order valence-electron chi connectivity index (χ2n) is 20.7. The lowest BCUT2D eigenvalue weighted by atomic mass is 10.0. The summed E-state index contributed by atoms with van der Waals surface area (Å²) in [5.74, 6) is -0.0309. The van der Waals surface area contributed by atoms with Gasteiger partial charge in [-0.15, -0.1) is 0 Å². The van der Waals surface area contributed by atoms with Gasteiger partial charge in [0.05, 0.1) is 25.4 Å². The monoisotopic (exact) mass is 944 g/mol. The van der Waals surface area contributed by atoms with Crippen molar-refractivity contribution in [1.29, 1.82) is 0 Å². The van der Waals surface area contributed by atoms with Crippen molar-refractivity contribution in [2.75, 3.05) is 13.2 Å². The molecule has 396 valence electrons. The van der Waals surface area contributed by atoms with E-state index >= 15 is 0 Å². The average Bonchev–Trinajstić information content (AvgIpc) is 3.33. The van der Waals surface area contributed by atoms with Gasteiger partial charge in [0, 0.05) is 12.8 Å². The van der Waals surface area contributed by atoms with Crippen LogP contribution in [0.4, 0.5) is 0 Å². The lowest BCUT2D eigenvalue weighted by Gasteiger charge is -2.22.